The molecule has 1 aliphatic heterocycles. The van der Waals surface area contributed by atoms with Crippen molar-refractivity contribution in [3.05, 3.63) is 16.9 Å². The van der Waals surface area contributed by atoms with Crippen molar-refractivity contribution in [3.63, 3.8) is 0 Å². The van der Waals surface area contributed by atoms with E-state index >= 15 is 0 Å². The average Bonchev–Trinajstić information content (AvgIpc) is 2.70. The third-order valence-corrected chi connectivity index (χ3v) is 4.52. The van der Waals surface area contributed by atoms with Gasteiger partial charge in [0.05, 0.1) is 20.5 Å². The molecule has 0 saturated heterocycles. The van der Waals surface area contributed by atoms with E-state index < -0.39 is 0 Å². The van der Waals surface area contributed by atoms with Crippen LogP contribution in [0.4, 0.5) is 5.95 Å². The number of fused-ring (bicyclic) bond motifs is 3. The molecule has 6 heteroatoms. The summed E-state index contributed by atoms with van der Waals surface area (Å²) < 4.78 is 0. The first-order valence-electron chi connectivity index (χ1n) is 5.48. The quantitative estimate of drug-likeness (QED) is 0.903. The number of nitrogens with one attached hydrogen (secondary N) is 1. The Bertz CT molecular complexity index is 565. The molecule has 17 heavy (non-hydrogen) atoms. The molecule has 0 saturated carbocycles. The van der Waals surface area contributed by atoms with Crippen LogP contribution >= 0.6 is 23.1 Å². The van der Waals surface area contributed by atoms with E-state index in [9.17, 15) is 0 Å². The molecule has 0 unspecified atom stereocenters. The lowest BCUT2D eigenvalue weighted by Crippen LogP contribution is -2.05. The number of hydrogen-bond donors (Lipinski definition) is 1. The molecule has 0 amide bonds. The van der Waals surface area contributed by atoms with Gasteiger partial charge in [-0.25, -0.2) is 15.0 Å². The number of aromatic nitrogens is 3. The van der Waals surface area contributed by atoms with Crippen LogP contribution in [0.5, 0.6) is 0 Å². The van der Waals surface area contributed by atoms with Crippen LogP contribution in [0.25, 0.3) is 10.6 Å². The van der Waals surface area contributed by atoms with E-state index in [0.717, 1.165) is 33.6 Å². The fourth-order valence-corrected chi connectivity index (χ4v) is 3.79. The molecule has 88 valence electrons. The Morgan fingerprint density at radius 2 is 2.29 bits per heavy atom. The van der Waals surface area contributed by atoms with Crippen LogP contribution in [0, 0.1) is 6.92 Å². The molecule has 0 aliphatic carbocycles. The Labute approximate surface area is 108 Å². The summed E-state index contributed by atoms with van der Waals surface area (Å²) in [4.78, 5) is 15.8. The molecule has 2 aromatic heterocycles. The maximum atomic E-state index is 4.59. The van der Waals surface area contributed by atoms with E-state index in [2.05, 4.69) is 20.3 Å². The van der Waals surface area contributed by atoms with Crippen molar-refractivity contribution in [2.75, 3.05) is 11.9 Å². The second-order valence-electron chi connectivity index (χ2n) is 3.73. The Hall–Kier alpha value is -1.14. The number of nitrogens with zero attached hydrogens (tertiary/aromatic N) is 3. The second kappa shape index (κ2) is 4.27. The Balaban J connectivity index is 2.12. The van der Waals surface area contributed by atoms with Crippen LogP contribution in [0.15, 0.2) is 11.1 Å². The molecular weight excluding hydrogens is 252 g/mol. The van der Waals surface area contributed by atoms with Crippen molar-refractivity contribution < 1.29 is 0 Å². The first kappa shape index (κ1) is 11.0. The van der Waals surface area contributed by atoms with E-state index in [1.165, 1.54) is 4.88 Å². The zero-order valence-corrected chi connectivity index (χ0v) is 11.3. The van der Waals surface area contributed by atoms with Gasteiger partial charge >= 0.3 is 0 Å². The van der Waals surface area contributed by atoms with Crippen LogP contribution in [-0.2, 0) is 5.75 Å². The molecule has 1 aliphatic rings. The zero-order chi connectivity index (χ0) is 11.8. The molecule has 0 bridgehead atoms. The minimum atomic E-state index is 0.700. The van der Waals surface area contributed by atoms with Gasteiger partial charge in [0.2, 0.25) is 5.95 Å². The molecule has 2 aromatic rings. The smallest absolute Gasteiger partial charge is 0.223 e. The van der Waals surface area contributed by atoms with Crippen LogP contribution in [0.3, 0.4) is 0 Å². The van der Waals surface area contributed by atoms with Crippen molar-refractivity contribution >= 4 is 29.0 Å². The second-order valence-corrected chi connectivity index (χ2v) is 5.95. The molecule has 0 fully saturated rings. The molecule has 0 atom stereocenters. The fraction of sp³-hybridized carbons (Fsp3) is 0.364. The van der Waals surface area contributed by atoms with Crippen molar-refractivity contribution in [1.82, 2.24) is 15.0 Å². The zero-order valence-electron chi connectivity index (χ0n) is 9.65. The SMILES string of the molecule is CCNc1ncc2c(n1)-c1sc(C)nc1CS2. The number of thioether (sulfide) groups is 1. The van der Waals surface area contributed by atoms with E-state index in [1.54, 1.807) is 23.1 Å². The lowest BCUT2D eigenvalue weighted by molar-refractivity contribution is 1.04. The van der Waals surface area contributed by atoms with Crippen LogP contribution < -0.4 is 5.32 Å². The summed E-state index contributed by atoms with van der Waals surface area (Å²) in [6.07, 6.45) is 1.91. The van der Waals surface area contributed by atoms with Crippen molar-refractivity contribution in [1.29, 1.82) is 0 Å². The van der Waals surface area contributed by atoms with Gasteiger partial charge in [-0.05, 0) is 13.8 Å². The van der Waals surface area contributed by atoms with Gasteiger partial charge in [-0.15, -0.1) is 23.1 Å². The van der Waals surface area contributed by atoms with E-state index in [0.29, 0.717) is 5.95 Å². The number of thiazole rings is 1. The highest BCUT2D eigenvalue weighted by molar-refractivity contribution is 7.98. The van der Waals surface area contributed by atoms with Crippen molar-refractivity contribution in [2.24, 2.45) is 0 Å². The highest BCUT2D eigenvalue weighted by Gasteiger charge is 2.22. The molecule has 0 aromatic carbocycles. The van der Waals surface area contributed by atoms with Gasteiger partial charge < -0.3 is 5.32 Å². The molecule has 4 nitrogen and oxygen atoms in total. The average molecular weight is 264 g/mol. The largest absolute Gasteiger partial charge is 0.354 e. The molecule has 1 N–H and O–H groups in total. The van der Waals surface area contributed by atoms with E-state index in [4.69, 9.17) is 0 Å². The summed E-state index contributed by atoms with van der Waals surface area (Å²) in [5, 5.41) is 4.25. The van der Waals surface area contributed by atoms with Gasteiger partial charge in [0.25, 0.3) is 0 Å². The predicted octanol–water partition coefficient (Wildman–Crippen LogP) is 2.95. The van der Waals surface area contributed by atoms with Gasteiger partial charge in [-0.1, -0.05) is 0 Å². The van der Waals surface area contributed by atoms with E-state index in [1.807, 2.05) is 20.0 Å². The summed E-state index contributed by atoms with van der Waals surface area (Å²) >= 11 is 3.48. The van der Waals surface area contributed by atoms with Gasteiger partial charge in [-0.3, -0.25) is 0 Å². The number of rotatable bonds is 2. The highest BCUT2D eigenvalue weighted by atomic mass is 32.2. The summed E-state index contributed by atoms with van der Waals surface area (Å²) in [5.41, 5.74) is 2.19. The normalized spacial score (nSPS) is 13.1. The molecular formula is C11H12N4S2. The number of anilines is 1. The summed E-state index contributed by atoms with van der Waals surface area (Å²) in [6.45, 7) is 4.92. The van der Waals surface area contributed by atoms with Gasteiger partial charge in [0.1, 0.15) is 5.69 Å². The number of aryl methyl sites for hydroxylation is 1. The lowest BCUT2D eigenvalue weighted by atomic mass is 10.3. The number of hydrogen-bond acceptors (Lipinski definition) is 6. The topological polar surface area (TPSA) is 50.7 Å². The Morgan fingerprint density at radius 1 is 1.41 bits per heavy atom. The molecule has 0 spiro atoms. The van der Waals surface area contributed by atoms with Gasteiger partial charge in [0.15, 0.2) is 0 Å². The molecule has 3 rings (SSSR count). The lowest BCUT2D eigenvalue weighted by Gasteiger charge is -2.14. The van der Waals surface area contributed by atoms with E-state index in [-0.39, 0.29) is 0 Å². The van der Waals surface area contributed by atoms with Crippen molar-refractivity contribution in [2.45, 2.75) is 24.5 Å². The minimum Gasteiger partial charge on any atom is -0.354 e. The third-order valence-electron chi connectivity index (χ3n) is 2.47. The highest BCUT2D eigenvalue weighted by Crippen LogP contribution is 2.42. The maximum absolute atomic E-state index is 4.59. The molecule has 3 heterocycles. The van der Waals surface area contributed by atoms with Gasteiger partial charge in [0, 0.05) is 18.5 Å². The standard InChI is InChI=1S/C11H12N4S2/c1-3-12-11-13-4-8-9(15-11)10-7(5-16-8)14-6(2)17-10/h4H,3,5H2,1-2H3,(H,12,13,15). The Morgan fingerprint density at radius 3 is 3.12 bits per heavy atom. The maximum Gasteiger partial charge on any atom is 0.223 e. The summed E-state index contributed by atoms with van der Waals surface area (Å²) in [6, 6.07) is 0. The monoisotopic (exact) mass is 264 g/mol. The summed E-state index contributed by atoms with van der Waals surface area (Å²) in [5.74, 6) is 1.63. The minimum absolute atomic E-state index is 0.700. The van der Waals surface area contributed by atoms with Crippen LogP contribution in [0.1, 0.15) is 17.6 Å². The molecule has 0 radical (unpaired) electrons. The van der Waals surface area contributed by atoms with Crippen LogP contribution in [0.2, 0.25) is 0 Å². The summed E-state index contributed by atoms with van der Waals surface area (Å²) in [7, 11) is 0. The first-order valence-corrected chi connectivity index (χ1v) is 7.28. The third kappa shape index (κ3) is 1.91. The predicted molar refractivity (Wildman–Crippen MR) is 71.6 cm³/mol. The Kier molecular flexibility index (Phi) is 2.76. The van der Waals surface area contributed by atoms with Crippen molar-refractivity contribution in [3.8, 4) is 10.6 Å². The van der Waals surface area contributed by atoms with Crippen LogP contribution in [-0.4, -0.2) is 21.5 Å². The fourth-order valence-electron chi connectivity index (χ4n) is 1.78. The first-order chi connectivity index (χ1) is 8.28. The van der Waals surface area contributed by atoms with Gasteiger partial charge in [-0.2, -0.15) is 0 Å².